The number of anilines is 1. The highest BCUT2D eigenvalue weighted by molar-refractivity contribution is 7.17. The Morgan fingerprint density at radius 2 is 2.15 bits per heavy atom. The predicted molar refractivity (Wildman–Crippen MR) is 83.5 cm³/mol. The van der Waals surface area contributed by atoms with E-state index in [0.717, 1.165) is 5.56 Å². The van der Waals surface area contributed by atoms with Gasteiger partial charge < -0.3 is 10.6 Å². The van der Waals surface area contributed by atoms with Gasteiger partial charge in [-0.05, 0) is 18.6 Å². The molecule has 0 saturated heterocycles. The van der Waals surface area contributed by atoms with Crippen LogP contribution in [0.1, 0.15) is 20.9 Å². The number of hydrogen-bond donors (Lipinski definition) is 1. The summed E-state index contributed by atoms with van der Waals surface area (Å²) >= 11 is 13.3. The largest absolute Gasteiger partial charge is 0.375 e. The van der Waals surface area contributed by atoms with E-state index in [1.165, 1.54) is 11.3 Å². The van der Waals surface area contributed by atoms with Gasteiger partial charge in [0, 0.05) is 13.6 Å². The first-order valence-electron chi connectivity index (χ1n) is 5.81. The first-order valence-corrected chi connectivity index (χ1v) is 7.38. The standard InChI is InChI=1S/C13H13Cl2N3OS/c1-7-11(20-13(16)17-7)12(19)18(2)6-8-4-3-5-9(14)10(8)15/h3-5H,6H2,1-2H3,(H2,16,17). The van der Waals surface area contributed by atoms with Crippen molar-refractivity contribution in [1.29, 1.82) is 0 Å². The lowest BCUT2D eigenvalue weighted by Gasteiger charge is -2.17. The number of hydrogen-bond acceptors (Lipinski definition) is 4. The summed E-state index contributed by atoms with van der Waals surface area (Å²) < 4.78 is 0. The first kappa shape index (κ1) is 15.1. The van der Waals surface area contributed by atoms with Gasteiger partial charge in [-0.25, -0.2) is 4.98 Å². The van der Waals surface area contributed by atoms with Crippen molar-refractivity contribution < 1.29 is 4.79 Å². The second kappa shape index (κ2) is 5.99. The van der Waals surface area contributed by atoms with Gasteiger partial charge in [0.2, 0.25) is 0 Å². The molecule has 0 radical (unpaired) electrons. The minimum Gasteiger partial charge on any atom is -0.375 e. The fourth-order valence-electron chi connectivity index (χ4n) is 1.79. The van der Waals surface area contributed by atoms with Crippen LogP contribution in [0.15, 0.2) is 18.2 Å². The van der Waals surface area contributed by atoms with E-state index < -0.39 is 0 Å². The number of rotatable bonds is 3. The molecule has 0 aliphatic heterocycles. The molecule has 0 fully saturated rings. The van der Waals surface area contributed by atoms with E-state index in [1.54, 1.807) is 31.0 Å². The van der Waals surface area contributed by atoms with E-state index in [9.17, 15) is 4.79 Å². The topological polar surface area (TPSA) is 59.2 Å². The summed E-state index contributed by atoms with van der Waals surface area (Å²) in [6.45, 7) is 2.13. The van der Waals surface area contributed by atoms with E-state index in [4.69, 9.17) is 28.9 Å². The normalized spacial score (nSPS) is 10.6. The average molecular weight is 330 g/mol. The Labute approximate surface area is 131 Å². The summed E-state index contributed by atoms with van der Waals surface area (Å²) in [4.78, 5) is 18.5. The molecule has 0 aliphatic carbocycles. The van der Waals surface area contributed by atoms with E-state index in [0.29, 0.717) is 32.3 Å². The summed E-state index contributed by atoms with van der Waals surface area (Å²) in [6.07, 6.45) is 0. The Kier molecular flexibility index (Phi) is 4.52. The second-order valence-electron chi connectivity index (χ2n) is 4.34. The monoisotopic (exact) mass is 329 g/mol. The maximum absolute atomic E-state index is 12.3. The molecule has 2 rings (SSSR count). The second-order valence-corrected chi connectivity index (χ2v) is 6.16. The Morgan fingerprint density at radius 1 is 1.45 bits per heavy atom. The van der Waals surface area contributed by atoms with Gasteiger partial charge in [0.25, 0.3) is 5.91 Å². The lowest BCUT2D eigenvalue weighted by Crippen LogP contribution is -2.26. The molecule has 1 heterocycles. The van der Waals surface area contributed by atoms with Crippen LogP contribution in [0.5, 0.6) is 0 Å². The quantitative estimate of drug-likeness (QED) is 0.935. The van der Waals surface area contributed by atoms with Crippen molar-refractivity contribution in [2.45, 2.75) is 13.5 Å². The minimum absolute atomic E-state index is 0.132. The molecule has 0 spiro atoms. The molecule has 1 aromatic carbocycles. The van der Waals surface area contributed by atoms with Crippen LogP contribution in [0, 0.1) is 6.92 Å². The molecule has 0 saturated carbocycles. The summed E-state index contributed by atoms with van der Waals surface area (Å²) in [5.74, 6) is -0.132. The molecule has 7 heteroatoms. The van der Waals surface area contributed by atoms with Gasteiger partial charge in [0.1, 0.15) is 4.88 Å². The SMILES string of the molecule is Cc1nc(N)sc1C(=O)N(C)Cc1cccc(Cl)c1Cl. The van der Waals surface area contributed by atoms with Crippen LogP contribution >= 0.6 is 34.5 Å². The summed E-state index contributed by atoms with van der Waals surface area (Å²) in [7, 11) is 1.70. The number of nitrogens with zero attached hydrogens (tertiary/aromatic N) is 2. The van der Waals surface area contributed by atoms with Crippen molar-refractivity contribution in [2.75, 3.05) is 12.8 Å². The Balaban J connectivity index is 2.20. The molecule has 20 heavy (non-hydrogen) atoms. The van der Waals surface area contributed by atoms with E-state index >= 15 is 0 Å². The number of carbonyl (C=O) groups is 1. The number of thiazole rings is 1. The smallest absolute Gasteiger partial charge is 0.265 e. The van der Waals surface area contributed by atoms with Gasteiger partial charge in [0.15, 0.2) is 5.13 Å². The fraction of sp³-hybridized carbons (Fsp3) is 0.231. The van der Waals surface area contributed by atoms with Crippen molar-refractivity contribution in [3.05, 3.63) is 44.4 Å². The lowest BCUT2D eigenvalue weighted by atomic mass is 10.2. The highest BCUT2D eigenvalue weighted by atomic mass is 35.5. The maximum atomic E-state index is 12.3. The third-order valence-electron chi connectivity index (χ3n) is 2.79. The number of nitrogen functional groups attached to an aromatic ring is 1. The number of benzene rings is 1. The highest BCUT2D eigenvalue weighted by Crippen LogP contribution is 2.27. The molecular formula is C13H13Cl2N3OS. The van der Waals surface area contributed by atoms with Gasteiger partial charge in [0.05, 0.1) is 15.7 Å². The molecule has 0 bridgehead atoms. The number of carbonyl (C=O) groups excluding carboxylic acids is 1. The van der Waals surface area contributed by atoms with Crippen LogP contribution in [-0.4, -0.2) is 22.8 Å². The Morgan fingerprint density at radius 3 is 2.75 bits per heavy atom. The fourth-order valence-corrected chi connectivity index (χ4v) is 3.00. The molecule has 2 N–H and O–H groups in total. The molecule has 0 unspecified atom stereocenters. The molecular weight excluding hydrogens is 317 g/mol. The Bertz CT molecular complexity index is 657. The summed E-state index contributed by atoms with van der Waals surface area (Å²) in [5.41, 5.74) is 7.05. The molecule has 0 aliphatic rings. The molecule has 4 nitrogen and oxygen atoms in total. The number of nitrogens with two attached hydrogens (primary N) is 1. The first-order chi connectivity index (χ1) is 9.40. The summed E-state index contributed by atoms with van der Waals surface area (Å²) in [6, 6.07) is 5.35. The van der Waals surface area contributed by atoms with Crippen molar-refractivity contribution in [3.8, 4) is 0 Å². The zero-order valence-corrected chi connectivity index (χ0v) is 13.3. The van der Waals surface area contributed by atoms with Crippen LogP contribution in [-0.2, 0) is 6.54 Å². The summed E-state index contributed by atoms with van der Waals surface area (Å²) in [5, 5.41) is 1.33. The average Bonchev–Trinajstić information content (AvgIpc) is 2.73. The van der Waals surface area contributed by atoms with Crippen molar-refractivity contribution >= 4 is 45.6 Å². The Hall–Kier alpha value is -1.30. The van der Waals surface area contributed by atoms with Gasteiger partial charge in [-0.3, -0.25) is 4.79 Å². The molecule has 1 amide bonds. The van der Waals surface area contributed by atoms with E-state index in [2.05, 4.69) is 4.98 Å². The van der Waals surface area contributed by atoms with Gasteiger partial charge >= 0.3 is 0 Å². The molecule has 106 valence electrons. The number of amides is 1. The molecule has 0 atom stereocenters. The zero-order valence-electron chi connectivity index (χ0n) is 11.0. The minimum atomic E-state index is -0.132. The van der Waals surface area contributed by atoms with Crippen molar-refractivity contribution in [1.82, 2.24) is 9.88 Å². The molecule has 2 aromatic rings. The van der Waals surface area contributed by atoms with E-state index in [1.807, 2.05) is 6.07 Å². The molecule has 1 aromatic heterocycles. The lowest BCUT2D eigenvalue weighted by molar-refractivity contribution is 0.0789. The highest BCUT2D eigenvalue weighted by Gasteiger charge is 2.19. The van der Waals surface area contributed by atoms with Crippen LogP contribution in [0.4, 0.5) is 5.13 Å². The number of aryl methyl sites for hydroxylation is 1. The van der Waals surface area contributed by atoms with Crippen LogP contribution in [0.25, 0.3) is 0 Å². The third-order valence-corrected chi connectivity index (χ3v) is 4.63. The van der Waals surface area contributed by atoms with Crippen LogP contribution < -0.4 is 5.73 Å². The number of aromatic nitrogens is 1. The zero-order chi connectivity index (χ0) is 14.9. The van der Waals surface area contributed by atoms with Gasteiger partial charge in [-0.2, -0.15) is 0 Å². The third kappa shape index (κ3) is 3.06. The van der Waals surface area contributed by atoms with Crippen LogP contribution in [0.3, 0.4) is 0 Å². The van der Waals surface area contributed by atoms with Crippen molar-refractivity contribution in [2.24, 2.45) is 0 Å². The number of halogens is 2. The maximum Gasteiger partial charge on any atom is 0.265 e. The van der Waals surface area contributed by atoms with Gasteiger partial charge in [-0.15, -0.1) is 0 Å². The van der Waals surface area contributed by atoms with Crippen molar-refractivity contribution in [3.63, 3.8) is 0 Å². The van der Waals surface area contributed by atoms with Gasteiger partial charge in [-0.1, -0.05) is 46.7 Å². The predicted octanol–water partition coefficient (Wildman–Crippen LogP) is 3.61. The van der Waals surface area contributed by atoms with E-state index in [-0.39, 0.29) is 5.91 Å². The van der Waals surface area contributed by atoms with Crippen LogP contribution in [0.2, 0.25) is 10.0 Å².